The van der Waals surface area contributed by atoms with Crippen LogP contribution in [-0.4, -0.2) is 86.7 Å². The van der Waals surface area contributed by atoms with Gasteiger partial charge in [-0.1, -0.05) is 42.5 Å². The van der Waals surface area contributed by atoms with Gasteiger partial charge in [-0.3, -0.25) is 19.1 Å². The number of piperidine rings is 1. The van der Waals surface area contributed by atoms with Crippen molar-refractivity contribution in [3.63, 3.8) is 0 Å². The Morgan fingerprint density at radius 3 is 2.02 bits per heavy atom. The predicted octanol–water partition coefficient (Wildman–Crippen LogP) is 6.59. The number of aromatic nitrogens is 4. The van der Waals surface area contributed by atoms with Crippen molar-refractivity contribution in [1.82, 2.24) is 29.4 Å². The summed E-state index contributed by atoms with van der Waals surface area (Å²) < 4.78 is 45.9. The molecule has 1 aliphatic carbocycles. The molecule has 0 atom stereocenters. The molecular weight excluding hydrogens is 734 g/mol. The van der Waals surface area contributed by atoms with Gasteiger partial charge in [0.2, 0.25) is 5.91 Å². The van der Waals surface area contributed by atoms with E-state index in [1.54, 1.807) is 30.3 Å². The lowest BCUT2D eigenvalue weighted by Gasteiger charge is -2.41. The van der Waals surface area contributed by atoms with Crippen LogP contribution in [0.5, 0.6) is 0 Å². The number of alkyl halides is 3. The van der Waals surface area contributed by atoms with Gasteiger partial charge in [-0.25, -0.2) is 9.36 Å². The topological polar surface area (TPSA) is 118 Å². The molecule has 2 aliphatic rings. The number of nitriles is 1. The Morgan fingerprint density at radius 2 is 1.46 bits per heavy atom. The van der Waals surface area contributed by atoms with Crippen LogP contribution in [0.25, 0.3) is 22.8 Å². The van der Waals surface area contributed by atoms with Crippen molar-refractivity contribution in [3.05, 3.63) is 124 Å². The lowest BCUT2D eigenvalue weighted by atomic mass is 9.84. The van der Waals surface area contributed by atoms with Crippen molar-refractivity contribution in [3.8, 4) is 28.8 Å². The first-order valence-electron chi connectivity index (χ1n) is 19.1. The zero-order valence-electron chi connectivity index (χ0n) is 32.6. The van der Waals surface area contributed by atoms with Gasteiger partial charge in [0.05, 0.1) is 67.6 Å². The number of carbonyl (C=O) groups is 2. The van der Waals surface area contributed by atoms with Gasteiger partial charge < -0.3 is 14.7 Å². The van der Waals surface area contributed by atoms with Crippen LogP contribution in [0.4, 0.5) is 13.2 Å². The van der Waals surface area contributed by atoms with Crippen LogP contribution >= 0.6 is 0 Å². The number of hydrogen-bond donors (Lipinski definition) is 1. The molecule has 5 aromatic rings. The maximum absolute atomic E-state index is 14.2. The van der Waals surface area contributed by atoms with Crippen LogP contribution in [0.15, 0.2) is 102 Å². The minimum Gasteiger partial charge on any atom is -0.349 e. The number of amides is 2. The van der Waals surface area contributed by atoms with Crippen LogP contribution < -0.4 is 10.9 Å². The van der Waals surface area contributed by atoms with Crippen molar-refractivity contribution in [2.24, 2.45) is 13.0 Å². The maximum Gasteiger partial charge on any atom is 0.416 e. The third-order valence-corrected chi connectivity index (χ3v) is 11.0. The summed E-state index contributed by atoms with van der Waals surface area (Å²) in [6, 6.07) is 26.8. The smallest absolute Gasteiger partial charge is 0.349 e. The van der Waals surface area contributed by atoms with Gasteiger partial charge in [0.1, 0.15) is 11.3 Å². The maximum atomic E-state index is 14.2. The number of halogens is 3. The number of hydrogen-bond acceptors (Lipinski definition) is 5. The van der Waals surface area contributed by atoms with Gasteiger partial charge in [0, 0.05) is 44.9 Å². The van der Waals surface area contributed by atoms with Gasteiger partial charge in [-0.15, -0.1) is 0 Å². The Balaban J connectivity index is 0.000000837. The molecule has 298 valence electrons. The van der Waals surface area contributed by atoms with E-state index < -0.39 is 23.2 Å². The molecule has 1 saturated heterocycles. The fraction of sp³-hybridized carbons (Fsp3) is 0.372. The number of benzene rings is 3. The summed E-state index contributed by atoms with van der Waals surface area (Å²) in [6.45, 7) is 1.48. The summed E-state index contributed by atoms with van der Waals surface area (Å²) in [7, 11) is 8.05. The standard InChI is InChI=1S/C37H41F3N8O3.C6H6/c1-44-33(31-16-19-42-46(31)28-14-8-24(23-41)9-15-28)32(36(51)47(44)29-7-5-6-26(22-29)37(38,39)40)34(49)43-27-12-10-25(11-13-27)35(50)45-20-17-30(18-21-45)48(2,3)4;1-2-4-6-5-3-1/h5-9,14-16,19,22,25,27,30H,10-13,17-18,20-21H2,1-4H3;1-6H/p+1. The molecule has 2 fully saturated rings. The first-order valence-corrected chi connectivity index (χ1v) is 19.1. The molecule has 1 aliphatic heterocycles. The molecule has 2 aromatic heterocycles. The highest BCUT2D eigenvalue weighted by molar-refractivity contribution is 6.00. The van der Waals surface area contributed by atoms with E-state index in [1.165, 1.54) is 34.7 Å². The molecule has 0 spiro atoms. The number of rotatable bonds is 7. The van der Waals surface area contributed by atoms with E-state index in [-0.39, 0.29) is 34.8 Å². The third-order valence-electron chi connectivity index (χ3n) is 11.0. The average Bonchev–Trinajstić information content (AvgIpc) is 3.79. The molecule has 1 saturated carbocycles. The quantitative estimate of drug-likeness (QED) is 0.187. The van der Waals surface area contributed by atoms with Crippen LogP contribution in [0, 0.1) is 17.2 Å². The molecule has 0 bridgehead atoms. The Morgan fingerprint density at radius 1 is 0.842 bits per heavy atom. The fourth-order valence-electron chi connectivity index (χ4n) is 7.82. The second kappa shape index (κ2) is 17.1. The Bertz CT molecular complexity index is 2240. The molecule has 57 heavy (non-hydrogen) atoms. The second-order valence-corrected chi connectivity index (χ2v) is 15.5. The summed E-state index contributed by atoms with van der Waals surface area (Å²) in [4.78, 5) is 43.7. The van der Waals surface area contributed by atoms with E-state index in [9.17, 15) is 32.8 Å². The molecule has 14 heteroatoms. The first kappa shape index (κ1) is 40.7. The summed E-state index contributed by atoms with van der Waals surface area (Å²) in [5.41, 5.74) is -0.571. The minimum absolute atomic E-state index is 0.0634. The molecule has 3 heterocycles. The molecule has 7 rings (SSSR count). The third kappa shape index (κ3) is 9.21. The molecule has 2 amide bonds. The predicted molar refractivity (Wildman–Crippen MR) is 211 cm³/mol. The molecule has 0 unspecified atom stereocenters. The zero-order valence-corrected chi connectivity index (χ0v) is 32.6. The second-order valence-electron chi connectivity index (χ2n) is 15.5. The van der Waals surface area contributed by atoms with Gasteiger partial charge in [-0.2, -0.15) is 23.5 Å². The highest BCUT2D eigenvalue weighted by Crippen LogP contribution is 2.32. The zero-order chi connectivity index (χ0) is 40.9. The monoisotopic (exact) mass is 781 g/mol. The number of nitrogens with zero attached hydrogens (tertiary/aromatic N) is 7. The van der Waals surface area contributed by atoms with E-state index >= 15 is 0 Å². The molecular formula is C43H48F3N8O3+. The van der Waals surface area contributed by atoms with Crippen molar-refractivity contribution < 1.29 is 27.2 Å². The summed E-state index contributed by atoms with van der Waals surface area (Å²) in [5, 5.41) is 16.7. The number of quaternary nitrogens is 1. The van der Waals surface area contributed by atoms with E-state index in [2.05, 4.69) is 37.6 Å². The van der Waals surface area contributed by atoms with Crippen LogP contribution in [-0.2, 0) is 18.0 Å². The summed E-state index contributed by atoms with van der Waals surface area (Å²) in [5.74, 6) is -0.642. The van der Waals surface area contributed by atoms with Crippen molar-refractivity contribution in [1.29, 1.82) is 5.26 Å². The van der Waals surface area contributed by atoms with Gasteiger partial charge in [-0.05, 0) is 74.2 Å². The lowest BCUT2D eigenvalue weighted by Crippen LogP contribution is -2.53. The van der Waals surface area contributed by atoms with Gasteiger partial charge in [0.25, 0.3) is 11.5 Å². The van der Waals surface area contributed by atoms with Crippen LogP contribution in [0.3, 0.4) is 0 Å². The largest absolute Gasteiger partial charge is 0.416 e. The van der Waals surface area contributed by atoms with Crippen molar-refractivity contribution >= 4 is 11.8 Å². The van der Waals surface area contributed by atoms with Crippen molar-refractivity contribution in [2.75, 3.05) is 34.2 Å². The fourth-order valence-corrected chi connectivity index (χ4v) is 7.82. The van der Waals surface area contributed by atoms with Gasteiger partial charge in [0.15, 0.2) is 0 Å². The number of nitrogens with one attached hydrogen (secondary N) is 1. The van der Waals surface area contributed by atoms with Gasteiger partial charge >= 0.3 is 6.18 Å². The SMILES string of the molecule is Cn1c(-c2ccnn2-c2ccc(C#N)cc2)c(C(=O)NC2CCC(C(=O)N3CCC([N+](C)(C)C)CC3)CC2)c(=O)n1-c1cccc(C(F)(F)F)c1.c1ccccc1. The minimum atomic E-state index is -4.65. The van der Waals surface area contributed by atoms with E-state index in [1.807, 2.05) is 41.3 Å². The van der Waals surface area contributed by atoms with E-state index in [0.717, 1.165) is 47.2 Å². The van der Waals surface area contributed by atoms with Crippen molar-refractivity contribution in [2.45, 2.75) is 56.8 Å². The normalized spacial score (nSPS) is 17.6. The molecule has 3 aromatic carbocycles. The number of likely N-dealkylation sites (tertiary alicyclic amines) is 1. The van der Waals surface area contributed by atoms with E-state index in [4.69, 9.17) is 0 Å². The van der Waals surface area contributed by atoms with Crippen LogP contribution in [0.1, 0.15) is 60.0 Å². The molecule has 11 nitrogen and oxygen atoms in total. The highest BCUT2D eigenvalue weighted by atomic mass is 19.4. The van der Waals surface area contributed by atoms with Crippen LogP contribution in [0.2, 0.25) is 0 Å². The summed E-state index contributed by atoms with van der Waals surface area (Å²) in [6.07, 6.45) is 1.05. The van der Waals surface area contributed by atoms with E-state index in [0.29, 0.717) is 48.7 Å². The number of carbonyl (C=O) groups excluding carboxylic acids is 2. The summed E-state index contributed by atoms with van der Waals surface area (Å²) >= 11 is 0. The lowest BCUT2D eigenvalue weighted by molar-refractivity contribution is -0.897. The Kier molecular flexibility index (Phi) is 12.2. The molecule has 1 N–H and O–H groups in total. The average molecular weight is 782 g/mol. The Hall–Kier alpha value is -5.94. The molecule has 0 radical (unpaired) electrons. The highest BCUT2D eigenvalue weighted by Gasteiger charge is 2.37. The Labute approximate surface area is 330 Å². The first-order chi connectivity index (χ1) is 27.2.